The highest BCUT2D eigenvalue weighted by atomic mass is 79.9. The Kier molecular flexibility index (Phi) is 10.2. The minimum Gasteiger partial charge on any atom is -0.507 e. The van der Waals surface area contributed by atoms with Crippen molar-refractivity contribution in [3.8, 4) is 5.75 Å². The van der Waals surface area contributed by atoms with E-state index in [-0.39, 0.29) is 30.2 Å². The fourth-order valence-electron chi connectivity index (χ4n) is 8.70. The van der Waals surface area contributed by atoms with Crippen LogP contribution in [0, 0.1) is 0 Å². The number of phenolic OH excluding ortho intramolecular Hbond substituents is 1. The highest BCUT2D eigenvalue weighted by Crippen LogP contribution is 2.45. The lowest BCUT2D eigenvalue weighted by Gasteiger charge is -2.40. The van der Waals surface area contributed by atoms with Crippen molar-refractivity contribution in [2.75, 3.05) is 53.4 Å². The third-order valence-corrected chi connectivity index (χ3v) is 12.1. The highest BCUT2D eigenvalue weighted by molar-refractivity contribution is 9.10. The Balaban J connectivity index is 0.000000162. The first-order chi connectivity index (χ1) is 25.1. The van der Waals surface area contributed by atoms with Gasteiger partial charge in [0.05, 0.1) is 12.1 Å². The molecule has 0 saturated heterocycles. The summed E-state index contributed by atoms with van der Waals surface area (Å²) in [6.45, 7) is 12.4. The van der Waals surface area contributed by atoms with Crippen molar-refractivity contribution in [3.63, 3.8) is 0 Å². The number of aromatic nitrogens is 2. The Hall–Kier alpha value is -4.26. The summed E-state index contributed by atoms with van der Waals surface area (Å²) in [5.74, 6) is 0.304. The van der Waals surface area contributed by atoms with E-state index >= 15 is 0 Å². The number of aromatic amines is 2. The number of carbonyl (C=O) groups excluding carboxylic acids is 2. The topological polar surface area (TPSA) is 123 Å². The van der Waals surface area contributed by atoms with Gasteiger partial charge in [0.2, 0.25) is 0 Å². The molecule has 4 atom stereocenters. The number of fused-ring (bicyclic) bond motifs is 4. The van der Waals surface area contributed by atoms with Gasteiger partial charge >= 0.3 is 12.1 Å². The lowest BCUT2D eigenvalue weighted by atomic mass is 9.80. The number of urea groups is 2. The Bertz CT molecular complexity index is 1910. The highest BCUT2D eigenvalue weighted by Gasteiger charge is 2.37. The lowest BCUT2D eigenvalue weighted by Crippen LogP contribution is -2.52. The second-order valence-electron chi connectivity index (χ2n) is 14.4. The summed E-state index contributed by atoms with van der Waals surface area (Å²) in [6, 6.07) is 8.39. The van der Waals surface area contributed by atoms with E-state index in [2.05, 4.69) is 90.9 Å². The van der Waals surface area contributed by atoms with Crippen LogP contribution in [-0.2, 0) is 12.8 Å². The van der Waals surface area contributed by atoms with Gasteiger partial charge in [-0.15, -0.1) is 0 Å². The third kappa shape index (κ3) is 6.39. The van der Waals surface area contributed by atoms with Crippen molar-refractivity contribution in [1.82, 2.24) is 40.2 Å². The zero-order valence-corrected chi connectivity index (χ0v) is 32.6. The summed E-state index contributed by atoms with van der Waals surface area (Å²) in [5, 5.41) is 19.3. The maximum atomic E-state index is 12.5. The molecule has 2 aliphatic heterocycles. The van der Waals surface area contributed by atoms with E-state index in [0.29, 0.717) is 24.9 Å². The maximum absolute atomic E-state index is 12.5. The van der Waals surface area contributed by atoms with E-state index in [1.54, 1.807) is 11.0 Å². The van der Waals surface area contributed by atoms with Crippen molar-refractivity contribution < 1.29 is 14.7 Å². The van der Waals surface area contributed by atoms with E-state index in [1.165, 1.54) is 33.2 Å². The molecule has 2 aromatic carbocycles. The number of nitrogens with one attached hydrogen (secondary N) is 4. The van der Waals surface area contributed by atoms with Gasteiger partial charge in [0.15, 0.2) is 0 Å². The van der Waals surface area contributed by atoms with Crippen LogP contribution in [0.3, 0.4) is 0 Å². The number of hydrogen-bond donors (Lipinski definition) is 5. The van der Waals surface area contributed by atoms with Gasteiger partial charge in [0, 0.05) is 101 Å². The van der Waals surface area contributed by atoms with Crippen molar-refractivity contribution >= 4 is 60.9 Å². The number of phenols is 1. The molecule has 5 N–H and O–H groups in total. The molecule has 4 aliphatic rings. The Morgan fingerprint density at radius 2 is 1.19 bits per heavy atom. The van der Waals surface area contributed by atoms with Gasteiger partial charge in [-0.25, -0.2) is 9.59 Å². The average Bonchev–Trinajstić information content (AvgIpc) is 3.74. The van der Waals surface area contributed by atoms with Crippen LogP contribution in [0.25, 0.3) is 33.0 Å². The predicted octanol–water partition coefficient (Wildman–Crippen LogP) is 6.15. The number of likely N-dealkylation sites (N-methyl/N-ethyl adjacent to an activating group) is 2. The molecule has 0 fully saturated rings. The number of halogens is 1. The molecule has 4 aromatic rings. The van der Waals surface area contributed by atoms with Gasteiger partial charge < -0.3 is 35.5 Å². The first-order valence-electron chi connectivity index (χ1n) is 18.6. The monoisotopic (exact) mass is 770 g/mol. The average molecular weight is 772 g/mol. The molecule has 8 rings (SSSR count). The SMILES string of the molecule is CCN(CC)C(=O)N[C@H]1C=C2c3c(Br)ccc4[nH]cc(c34)C[C@H]2N(C)C1.CCN(CC)C(=O)N[C@H]1C=C2c3c(O)ccc4[nH]cc(c34)C[C@H]2N(C)C1. The van der Waals surface area contributed by atoms with Crippen LogP contribution in [-0.4, -0.2) is 124 Å². The molecule has 0 radical (unpaired) electrons. The summed E-state index contributed by atoms with van der Waals surface area (Å²) >= 11 is 3.76. The van der Waals surface area contributed by atoms with Gasteiger partial charge in [0.1, 0.15) is 5.75 Å². The van der Waals surface area contributed by atoms with E-state index in [1.807, 2.05) is 44.9 Å². The summed E-state index contributed by atoms with van der Waals surface area (Å²) < 4.78 is 1.12. The van der Waals surface area contributed by atoms with Gasteiger partial charge in [0.25, 0.3) is 0 Å². The molecule has 2 aliphatic carbocycles. The molecule has 0 unspecified atom stereocenters. The number of hydrogen-bond acceptors (Lipinski definition) is 5. The van der Waals surface area contributed by atoms with Crippen LogP contribution in [0.15, 0.2) is 53.3 Å². The zero-order valence-electron chi connectivity index (χ0n) is 31.0. The summed E-state index contributed by atoms with van der Waals surface area (Å²) in [5.41, 5.74) is 9.43. The van der Waals surface area contributed by atoms with E-state index in [9.17, 15) is 14.7 Å². The second-order valence-corrected chi connectivity index (χ2v) is 15.2. The molecule has 52 heavy (non-hydrogen) atoms. The normalized spacial score (nSPS) is 22.1. The van der Waals surface area contributed by atoms with Crippen LogP contribution in [0.1, 0.15) is 49.9 Å². The Morgan fingerprint density at radius 3 is 1.67 bits per heavy atom. The molecule has 4 amide bonds. The van der Waals surface area contributed by atoms with Crippen LogP contribution >= 0.6 is 15.9 Å². The number of amides is 4. The molecular weight excluding hydrogens is 720 g/mol. The molecule has 12 heteroatoms. The van der Waals surface area contributed by atoms with E-state index in [0.717, 1.165) is 65.5 Å². The van der Waals surface area contributed by atoms with E-state index in [4.69, 9.17) is 0 Å². The summed E-state index contributed by atoms with van der Waals surface area (Å²) in [6.07, 6.45) is 10.5. The smallest absolute Gasteiger partial charge is 0.317 e. The Labute approximate surface area is 314 Å². The maximum Gasteiger partial charge on any atom is 0.317 e. The number of nitrogens with zero attached hydrogens (tertiary/aromatic N) is 4. The number of benzene rings is 2. The number of rotatable bonds is 6. The van der Waals surface area contributed by atoms with Crippen LogP contribution in [0.5, 0.6) is 5.75 Å². The largest absolute Gasteiger partial charge is 0.507 e. The van der Waals surface area contributed by atoms with Crippen molar-refractivity contribution in [2.24, 2.45) is 0 Å². The molecule has 0 spiro atoms. The van der Waals surface area contributed by atoms with Crippen LogP contribution < -0.4 is 10.6 Å². The molecule has 4 heterocycles. The van der Waals surface area contributed by atoms with E-state index < -0.39 is 0 Å². The van der Waals surface area contributed by atoms with Crippen molar-refractivity contribution in [1.29, 1.82) is 0 Å². The third-order valence-electron chi connectivity index (χ3n) is 11.4. The number of carbonyl (C=O) groups is 2. The van der Waals surface area contributed by atoms with Gasteiger partial charge in [-0.2, -0.15) is 0 Å². The first kappa shape index (κ1) is 36.1. The molecule has 276 valence electrons. The number of aromatic hydroxyl groups is 1. The second kappa shape index (κ2) is 14.6. The van der Waals surface area contributed by atoms with Crippen molar-refractivity contribution in [2.45, 2.75) is 64.7 Å². The summed E-state index contributed by atoms with van der Waals surface area (Å²) in [7, 11) is 4.24. The zero-order chi connectivity index (χ0) is 36.8. The molecule has 11 nitrogen and oxygen atoms in total. The van der Waals surface area contributed by atoms with Crippen LogP contribution in [0.4, 0.5) is 9.59 Å². The van der Waals surface area contributed by atoms with Crippen LogP contribution in [0.2, 0.25) is 0 Å². The van der Waals surface area contributed by atoms with Crippen molar-refractivity contribution in [3.05, 3.63) is 75.5 Å². The number of H-pyrrole nitrogens is 2. The first-order valence-corrected chi connectivity index (χ1v) is 19.4. The minimum atomic E-state index is -0.0745. The molecule has 0 bridgehead atoms. The molecule has 2 aromatic heterocycles. The fraction of sp³-hybridized carbons (Fsp3) is 0.450. The van der Waals surface area contributed by atoms with Gasteiger partial charge in [-0.05, 0) is 101 Å². The predicted molar refractivity (Wildman–Crippen MR) is 213 cm³/mol. The quantitative estimate of drug-likeness (QED) is 0.161. The minimum absolute atomic E-state index is 0.0131. The Morgan fingerprint density at radius 1 is 0.750 bits per heavy atom. The van der Waals surface area contributed by atoms with Gasteiger partial charge in [-0.3, -0.25) is 9.80 Å². The van der Waals surface area contributed by atoms with Gasteiger partial charge in [-0.1, -0.05) is 28.1 Å². The molecular formula is C40H51BrN8O3. The summed E-state index contributed by atoms with van der Waals surface area (Å²) in [4.78, 5) is 39.9. The lowest BCUT2D eigenvalue weighted by molar-refractivity contribution is 0.192. The standard InChI is InChI=1S/C20H25BrN4O.C20H26N4O2/c1-4-25(5-2)20(26)23-13-9-14-17(24(3)11-13)8-12-10-22-16-7-6-15(21)19(14)18(12)16;1-4-24(5-2)20(26)22-13-9-14-16(23(3)11-13)8-12-10-21-15-6-7-17(25)19(14)18(12)15/h6-7,9-10,13,17,22H,4-5,8,11H2,1-3H3,(H,23,26);6-7,9-10,13,16,21,25H,4-5,8,11H2,1-3H3,(H,22,26)/t13-,17+;13-,16+/m00/s1. The fourth-order valence-corrected chi connectivity index (χ4v) is 9.26. The molecule has 0 saturated carbocycles.